The Hall–Kier alpha value is -1.88. The first-order chi connectivity index (χ1) is 9.61. The lowest BCUT2D eigenvalue weighted by Gasteiger charge is -2.08. The van der Waals surface area contributed by atoms with Crippen molar-refractivity contribution in [1.29, 1.82) is 0 Å². The van der Waals surface area contributed by atoms with Crippen molar-refractivity contribution < 1.29 is 8.42 Å². The van der Waals surface area contributed by atoms with E-state index in [1.165, 1.54) is 0 Å². The Kier molecular flexibility index (Phi) is 4.74. The summed E-state index contributed by atoms with van der Waals surface area (Å²) < 4.78 is 26.1. The fourth-order valence-corrected chi connectivity index (χ4v) is 3.05. The number of rotatable bonds is 6. The highest BCUT2D eigenvalue weighted by atomic mass is 32.2. The van der Waals surface area contributed by atoms with E-state index in [2.05, 4.69) is 9.71 Å². The van der Waals surface area contributed by atoms with E-state index < -0.39 is 10.0 Å². The van der Waals surface area contributed by atoms with Crippen LogP contribution in [0.5, 0.6) is 0 Å². The Morgan fingerprint density at radius 3 is 2.45 bits per heavy atom. The molecule has 0 aliphatic carbocycles. The minimum absolute atomic E-state index is 0.143. The molecule has 1 aromatic carbocycles. The molecule has 0 bridgehead atoms. The Balaban J connectivity index is 2.09. The third-order valence-electron chi connectivity index (χ3n) is 2.87. The zero-order valence-corrected chi connectivity index (χ0v) is 12.2. The molecule has 5 heteroatoms. The van der Waals surface area contributed by atoms with Gasteiger partial charge in [0.05, 0.1) is 23.3 Å². The SMILES string of the molecule is CCCCS(=O)(=O)Nc1ccc(-c2ccccc2)nc1. The van der Waals surface area contributed by atoms with Gasteiger partial charge >= 0.3 is 0 Å². The summed E-state index contributed by atoms with van der Waals surface area (Å²) in [6.45, 7) is 1.96. The smallest absolute Gasteiger partial charge is 0.232 e. The molecule has 2 aromatic rings. The monoisotopic (exact) mass is 290 g/mol. The van der Waals surface area contributed by atoms with Crippen molar-refractivity contribution in [2.24, 2.45) is 0 Å². The summed E-state index contributed by atoms with van der Waals surface area (Å²) in [5.74, 6) is 0.143. The molecule has 0 amide bonds. The minimum atomic E-state index is -3.26. The van der Waals surface area contributed by atoms with Crippen LogP contribution in [-0.2, 0) is 10.0 Å². The van der Waals surface area contributed by atoms with Crippen molar-refractivity contribution >= 4 is 15.7 Å². The molecule has 1 heterocycles. The van der Waals surface area contributed by atoms with Crippen LogP contribution in [0.4, 0.5) is 5.69 Å². The van der Waals surface area contributed by atoms with Gasteiger partial charge in [0, 0.05) is 5.56 Å². The lowest BCUT2D eigenvalue weighted by atomic mass is 10.1. The van der Waals surface area contributed by atoms with E-state index in [4.69, 9.17) is 0 Å². The number of hydrogen-bond donors (Lipinski definition) is 1. The van der Waals surface area contributed by atoms with Crippen molar-refractivity contribution in [1.82, 2.24) is 4.98 Å². The quantitative estimate of drug-likeness (QED) is 0.888. The van der Waals surface area contributed by atoms with Gasteiger partial charge in [0.1, 0.15) is 0 Å². The van der Waals surface area contributed by atoms with E-state index >= 15 is 0 Å². The summed E-state index contributed by atoms with van der Waals surface area (Å²) in [4.78, 5) is 4.29. The predicted octanol–water partition coefficient (Wildman–Crippen LogP) is 3.29. The molecule has 0 aliphatic rings. The highest BCUT2D eigenvalue weighted by Crippen LogP contribution is 2.18. The second kappa shape index (κ2) is 6.52. The highest BCUT2D eigenvalue weighted by molar-refractivity contribution is 7.92. The number of unbranched alkanes of at least 4 members (excludes halogenated alkanes) is 1. The van der Waals surface area contributed by atoms with Gasteiger partial charge < -0.3 is 0 Å². The van der Waals surface area contributed by atoms with Crippen molar-refractivity contribution in [3.63, 3.8) is 0 Å². The fourth-order valence-electron chi connectivity index (χ4n) is 1.80. The molecule has 1 aromatic heterocycles. The molecule has 0 atom stereocenters. The van der Waals surface area contributed by atoms with Gasteiger partial charge in [0.2, 0.25) is 10.0 Å². The zero-order chi connectivity index (χ0) is 14.4. The van der Waals surface area contributed by atoms with Crippen molar-refractivity contribution in [2.75, 3.05) is 10.5 Å². The molecule has 0 saturated carbocycles. The van der Waals surface area contributed by atoms with Crippen LogP contribution in [0.3, 0.4) is 0 Å². The van der Waals surface area contributed by atoms with Crippen LogP contribution in [0.25, 0.3) is 11.3 Å². The van der Waals surface area contributed by atoms with Crippen LogP contribution >= 0.6 is 0 Å². The number of hydrogen-bond acceptors (Lipinski definition) is 3. The van der Waals surface area contributed by atoms with Crippen molar-refractivity contribution in [3.8, 4) is 11.3 Å². The number of pyridine rings is 1. The summed E-state index contributed by atoms with van der Waals surface area (Å²) in [5, 5.41) is 0. The molecule has 106 valence electrons. The first-order valence-electron chi connectivity index (χ1n) is 6.63. The summed E-state index contributed by atoms with van der Waals surface area (Å²) >= 11 is 0. The molecule has 4 nitrogen and oxygen atoms in total. The van der Waals surface area contributed by atoms with E-state index in [0.717, 1.165) is 17.7 Å². The summed E-state index contributed by atoms with van der Waals surface area (Å²) in [6.07, 6.45) is 3.06. The van der Waals surface area contributed by atoms with Crippen LogP contribution in [-0.4, -0.2) is 19.2 Å². The maximum Gasteiger partial charge on any atom is 0.232 e. The highest BCUT2D eigenvalue weighted by Gasteiger charge is 2.09. The predicted molar refractivity (Wildman–Crippen MR) is 82.0 cm³/mol. The Morgan fingerprint density at radius 1 is 1.10 bits per heavy atom. The molecular weight excluding hydrogens is 272 g/mol. The Labute approximate surface area is 119 Å². The molecule has 0 spiro atoms. The van der Waals surface area contributed by atoms with Crippen LogP contribution in [0.2, 0.25) is 0 Å². The summed E-state index contributed by atoms with van der Waals surface area (Å²) in [5.41, 5.74) is 2.33. The van der Waals surface area contributed by atoms with Gasteiger partial charge in [-0.25, -0.2) is 8.42 Å². The minimum Gasteiger partial charge on any atom is -0.282 e. The average molecular weight is 290 g/mol. The number of aromatic nitrogens is 1. The normalized spacial score (nSPS) is 11.2. The van der Waals surface area contributed by atoms with E-state index in [1.54, 1.807) is 12.3 Å². The first-order valence-corrected chi connectivity index (χ1v) is 8.28. The lowest BCUT2D eigenvalue weighted by molar-refractivity contribution is 0.598. The summed E-state index contributed by atoms with van der Waals surface area (Å²) in [7, 11) is -3.26. The first kappa shape index (κ1) is 14.5. The van der Waals surface area contributed by atoms with Gasteiger partial charge in [-0.3, -0.25) is 9.71 Å². The zero-order valence-electron chi connectivity index (χ0n) is 11.4. The van der Waals surface area contributed by atoms with Crippen LogP contribution in [0, 0.1) is 0 Å². The molecule has 1 N–H and O–H groups in total. The Morgan fingerprint density at radius 2 is 1.85 bits per heavy atom. The fraction of sp³-hybridized carbons (Fsp3) is 0.267. The number of nitrogens with one attached hydrogen (secondary N) is 1. The topological polar surface area (TPSA) is 59.1 Å². The maximum atomic E-state index is 11.8. The van der Waals surface area contributed by atoms with Crippen LogP contribution in [0.15, 0.2) is 48.7 Å². The van der Waals surface area contributed by atoms with Gasteiger partial charge in [-0.2, -0.15) is 0 Å². The van der Waals surface area contributed by atoms with Gasteiger partial charge in [0.15, 0.2) is 0 Å². The third kappa shape index (κ3) is 4.06. The molecule has 20 heavy (non-hydrogen) atoms. The number of nitrogens with zero attached hydrogens (tertiary/aromatic N) is 1. The van der Waals surface area contributed by atoms with Crippen molar-refractivity contribution in [3.05, 3.63) is 48.7 Å². The molecule has 0 unspecified atom stereocenters. The van der Waals surface area contributed by atoms with Crippen LogP contribution < -0.4 is 4.72 Å². The van der Waals surface area contributed by atoms with Gasteiger partial charge in [-0.1, -0.05) is 43.7 Å². The average Bonchev–Trinajstić information content (AvgIpc) is 2.46. The summed E-state index contributed by atoms with van der Waals surface area (Å²) in [6, 6.07) is 13.3. The maximum absolute atomic E-state index is 11.8. The number of benzene rings is 1. The van der Waals surface area contributed by atoms with E-state index in [-0.39, 0.29) is 5.75 Å². The van der Waals surface area contributed by atoms with E-state index in [1.807, 2.05) is 43.3 Å². The van der Waals surface area contributed by atoms with Crippen LogP contribution in [0.1, 0.15) is 19.8 Å². The standard InChI is InChI=1S/C15H18N2O2S/c1-2-3-11-20(18,19)17-14-9-10-15(16-12-14)13-7-5-4-6-8-13/h4-10,12,17H,2-3,11H2,1H3. The molecule has 0 radical (unpaired) electrons. The lowest BCUT2D eigenvalue weighted by Crippen LogP contribution is -2.16. The molecule has 0 fully saturated rings. The molecule has 2 rings (SSSR count). The number of anilines is 1. The van der Waals surface area contributed by atoms with Gasteiger partial charge in [-0.05, 0) is 18.6 Å². The van der Waals surface area contributed by atoms with Crippen molar-refractivity contribution in [2.45, 2.75) is 19.8 Å². The largest absolute Gasteiger partial charge is 0.282 e. The Bertz CT molecular complexity index is 637. The number of sulfonamides is 1. The second-order valence-electron chi connectivity index (χ2n) is 4.57. The molecule has 0 saturated heterocycles. The second-order valence-corrected chi connectivity index (χ2v) is 6.41. The van der Waals surface area contributed by atoms with E-state index in [9.17, 15) is 8.42 Å². The third-order valence-corrected chi connectivity index (χ3v) is 4.25. The molecular formula is C15H18N2O2S. The van der Waals surface area contributed by atoms with Gasteiger partial charge in [0.25, 0.3) is 0 Å². The van der Waals surface area contributed by atoms with E-state index in [0.29, 0.717) is 12.1 Å². The van der Waals surface area contributed by atoms with Gasteiger partial charge in [-0.15, -0.1) is 0 Å². The molecule has 0 aliphatic heterocycles.